The molecule has 0 radical (unpaired) electrons. The van der Waals surface area contributed by atoms with E-state index in [0.717, 1.165) is 15.6 Å². The molecule has 1 aromatic heterocycles. The maximum Gasteiger partial charge on any atom is 0.338 e. The summed E-state index contributed by atoms with van der Waals surface area (Å²) in [5.41, 5.74) is 3.75. The molecule has 0 aliphatic carbocycles. The lowest BCUT2D eigenvalue weighted by Gasteiger charge is -2.25. The minimum atomic E-state index is -0.592. The van der Waals surface area contributed by atoms with Gasteiger partial charge in [0.05, 0.1) is 28.5 Å². The molecule has 2 heterocycles. The average Bonchev–Trinajstić information content (AvgIpc) is 3.07. The lowest BCUT2D eigenvalue weighted by Crippen LogP contribution is -2.39. The number of carbonyl (C=O) groups is 1. The molecular weight excluding hydrogens is 500 g/mol. The van der Waals surface area contributed by atoms with Crippen LogP contribution in [0.15, 0.2) is 74.1 Å². The Morgan fingerprint density at radius 3 is 2.61 bits per heavy atom. The molecule has 0 amide bonds. The van der Waals surface area contributed by atoms with Crippen molar-refractivity contribution in [1.82, 2.24) is 4.57 Å². The van der Waals surface area contributed by atoms with Crippen LogP contribution in [0.3, 0.4) is 0 Å². The van der Waals surface area contributed by atoms with Crippen molar-refractivity contribution in [3.05, 3.63) is 101 Å². The summed E-state index contributed by atoms with van der Waals surface area (Å²) in [5.74, 6) is -0.0639. The Bertz CT molecular complexity index is 1410. The summed E-state index contributed by atoms with van der Waals surface area (Å²) < 4.78 is 8.48. The van der Waals surface area contributed by atoms with Gasteiger partial charge in [-0.25, -0.2) is 9.79 Å². The van der Waals surface area contributed by atoms with E-state index < -0.39 is 12.0 Å². The highest BCUT2D eigenvalue weighted by Gasteiger charge is 2.33. The lowest BCUT2D eigenvalue weighted by atomic mass is 9.93. The van der Waals surface area contributed by atoms with Crippen molar-refractivity contribution in [1.29, 1.82) is 0 Å². The number of nitrogens with zero attached hydrogens (tertiary/aromatic N) is 2. The van der Waals surface area contributed by atoms with E-state index in [2.05, 4.69) is 46.9 Å². The van der Waals surface area contributed by atoms with Crippen LogP contribution in [0, 0.1) is 0 Å². The first kappa shape index (κ1) is 23.4. The summed E-state index contributed by atoms with van der Waals surface area (Å²) >= 11 is 4.80. The number of esters is 1. The fraction of sp³-hybridized carbons (Fsp3) is 0.269. The highest BCUT2D eigenvalue weighted by atomic mass is 79.9. The highest BCUT2D eigenvalue weighted by molar-refractivity contribution is 9.10. The van der Waals surface area contributed by atoms with Crippen LogP contribution >= 0.6 is 27.3 Å². The van der Waals surface area contributed by atoms with E-state index in [-0.39, 0.29) is 12.2 Å². The average molecular weight is 525 g/mol. The molecule has 2 aromatic carbocycles. The molecule has 1 aliphatic rings. The number of ether oxygens (including phenoxy) is 1. The first-order valence-corrected chi connectivity index (χ1v) is 12.5. The zero-order valence-electron chi connectivity index (χ0n) is 19.0. The van der Waals surface area contributed by atoms with Crippen LogP contribution in [0.4, 0.5) is 0 Å². The molecule has 0 saturated heterocycles. The summed E-state index contributed by atoms with van der Waals surface area (Å²) in [7, 11) is 0. The van der Waals surface area contributed by atoms with E-state index in [9.17, 15) is 9.59 Å². The van der Waals surface area contributed by atoms with Crippen molar-refractivity contribution in [3.63, 3.8) is 0 Å². The molecule has 1 unspecified atom stereocenters. The van der Waals surface area contributed by atoms with Gasteiger partial charge in [0.1, 0.15) is 0 Å². The topological polar surface area (TPSA) is 60.7 Å². The first-order valence-electron chi connectivity index (χ1n) is 10.8. The molecule has 0 N–H and O–H groups in total. The van der Waals surface area contributed by atoms with Gasteiger partial charge in [-0.3, -0.25) is 9.36 Å². The van der Waals surface area contributed by atoms with Gasteiger partial charge in [-0.1, -0.05) is 77.5 Å². The zero-order valence-corrected chi connectivity index (χ0v) is 21.4. The molecule has 0 spiro atoms. The minimum absolute atomic E-state index is 0.175. The van der Waals surface area contributed by atoms with E-state index in [1.165, 1.54) is 16.9 Å². The second-order valence-corrected chi connectivity index (χ2v) is 10.1. The summed E-state index contributed by atoms with van der Waals surface area (Å²) in [5, 5.41) is 0. The summed E-state index contributed by atoms with van der Waals surface area (Å²) in [6.07, 6.45) is 1.86. The van der Waals surface area contributed by atoms with Crippen molar-refractivity contribution in [2.24, 2.45) is 4.99 Å². The number of aromatic nitrogens is 1. The lowest BCUT2D eigenvalue weighted by molar-refractivity contribution is -0.139. The van der Waals surface area contributed by atoms with Gasteiger partial charge in [0.15, 0.2) is 4.80 Å². The third kappa shape index (κ3) is 4.66. The highest BCUT2D eigenvalue weighted by Crippen LogP contribution is 2.31. The SMILES string of the molecule is CCOC(=O)C1=C(C)N=c2sc(=Cc3cccc(Br)c3)c(=O)n2C1c1ccc(C(C)C)cc1. The maximum absolute atomic E-state index is 13.6. The molecule has 1 aliphatic heterocycles. The number of carbonyl (C=O) groups excluding carboxylic acids is 1. The van der Waals surface area contributed by atoms with E-state index in [0.29, 0.717) is 26.5 Å². The van der Waals surface area contributed by atoms with Gasteiger partial charge in [-0.2, -0.15) is 0 Å². The van der Waals surface area contributed by atoms with Gasteiger partial charge in [-0.15, -0.1) is 0 Å². The fourth-order valence-corrected chi connectivity index (χ4v) is 5.38. The number of fused-ring (bicyclic) bond motifs is 1. The van der Waals surface area contributed by atoms with E-state index in [4.69, 9.17) is 4.74 Å². The predicted molar refractivity (Wildman–Crippen MR) is 135 cm³/mol. The van der Waals surface area contributed by atoms with E-state index >= 15 is 0 Å². The smallest absolute Gasteiger partial charge is 0.338 e. The quantitative estimate of drug-likeness (QED) is 0.455. The van der Waals surface area contributed by atoms with Crippen molar-refractivity contribution in [2.45, 2.75) is 39.7 Å². The Hall–Kier alpha value is -2.77. The van der Waals surface area contributed by atoms with Crippen LogP contribution < -0.4 is 14.9 Å². The summed E-state index contributed by atoms with van der Waals surface area (Å²) in [6.45, 7) is 8.09. The molecule has 0 bridgehead atoms. The molecule has 0 saturated carbocycles. The van der Waals surface area contributed by atoms with Gasteiger partial charge in [-0.05, 0) is 54.7 Å². The van der Waals surface area contributed by atoms with Crippen molar-refractivity contribution in [2.75, 3.05) is 6.61 Å². The van der Waals surface area contributed by atoms with Gasteiger partial charge >= 0.3 is 5.97 Å². The van der Waals surface area contributed by atoms with Crippen molar-refractivity contribution < 1.29 is 9.53 Å². The monoisotopic (exact) mass is 524 g/mol. The molecule has 3 aromatic rings. The Morgan fingerprint density at radius 2 is 1.97 bits per heavy atom. The van der Waals surface area contributed by atoms with Gasteiger partial charge in [0, 0.05) is 4.47 Å². The van der Waals surface area contributed by atoms with E-state index in [1.807, 2.05) is 42.5 Å². The predicted octanol–water partition coefficient (Wildman–Crippen LogP) is 4.68. The number of hydrogen-bond donors (Lipinski definition) is 0. The van der Waals surface area contributed by atoms with Gasteiger partial charge < -0.3 is 4.74 Å². The maximum atomic E-state index is 13.6. The molecule has 4 rings (SSSR count). The third-order valence-electron chi connectivity index (χ3n) is 5.58. The molecular formula is C26H25BrN2O3S. The first-order chi connectivity index (χ1) is 15.8. The van der Waals surface area contributed by atoms with Crippen LogP contribution in [0.5, 0.6) is 0 Å². The van der Waals surface area contributed by atoms with Crippen LogP contribution in [0.1, 0.15) is 56.3 Å². The van der Waals surface area contributed by atoms with Crippen molar-refractivity contribution in [3.8, 4) is 0 Å². The molecule has 1 atom stereocenters. The number of thiazole rings is 1. The standard InChI is InChI=1S/C26H25BrN2O3S/c1-5-32-25(31)22-16(4)28-26-29(23(22)19-11-9-18(10-12-19)15(2)3)24(30)21(33-26)14-17-7-6-8-20(27)13-17/h6-15,23H,5H2,1-4H3. The fourth-order valence-electron chi connectivity index (χ4n) is 3.92. The molecule has 7 heteroatoms. The number of hydrogen-bond acceptors (Lipinski definition) is 5. The largest absolute Gasteiger partial charge is 0.463 e. The Morgan fingerprint density at radius 1 is 1.24 bits per heavy atom. The number of allylic oxidation sites excluding steroid dienone is 1. The molecule has 0 fully saturated rings. The van der Waals surface area contributed by atoms with Crippen molar-refractivity contribution >= 4 is 39.3 Å². The van der Waals surface area contributed by atoms with Gasteiger partial charge in [0.25, 0.3) is 5.56 Å². The Kier molecular flexibility index (Phi) is 6.81. The number of rotatable bonds is 5. The Labute approximate surface area is 204 Å². The summed E-state index contributed by atoms with van der Waals surface area (Å²) in [4.78, 5) is 31.7. The van der Waals surface area contributed by atoms with Crippen LogP contribution in [0.25, 0.3) is 6.08 Å². The normalized spacial score (nSPS) is 16.1. The number of halogens is 1. The van der Waals surface area contributed by atoms with Gasteiger partial charge in [0.2, 0.25) is 0 Å². The van der Waals surface area contributed by atoms with Crippen LogP contribution in [-0.4, -0.2) is 17.1 Å². The second-order valence-electron chi connectivity index (χ2n) is 8.18. The molecule has 5 nitrogen and oxygen atoms in total. The minimum Gasteiger partial charge on any atom is -0.463 e. The Balaban J connectivity index is 1.94. The van der Waals surface area contributed by atoms with Crippen LogP contribution in [-0.2, 0) is 9.53 Å². The van der Waals surface area contributed by atoms with E-state index in [1.54, 1.807) is 18.4 Å². The summed E-state index contributed by atoms with van der Waals surface area (Å²) in [6, 6.07) is 15.3. The number of benzene rings is 2. The second kappa shape index (κ2) is 9.61. The van der Waals surface area contributed by atoms with Crippen LogP contribution in [0.2, 0.25) is 0 Å². The molecule has 170 valence electrons. The third-order valence-corrected chi connectivity index (χ3v) is 7.06. The zero-order chi connectivity index (χ0) is 23.7. The molecule has 33 heavy (non-hydrogen) atoms.